The molecule has 1 radical (unpaired) electrons. The molecule has 1 aromatic carbocycles. The lowest BCUT2D eigenvalue weighted by atomic mass is 9.69. The molecule has 0 atom stereocenters. The van der Waals surface area contributed by atoms with Crippen molar-refractivity contribution in [2.75, 3.05) is 6.61 Å². The first kappa shape index (κ1) is 24.1. The van der Waals surface area contributed by atoms with E-state index < -0.39 is 0 Å². The maximum atomic E-state index is 6.30. The summed E-state index contributed by atoms with van der Waals surface area (Å²) in [6.45, 7) is 28.0. The van der Waals surface area contributed by atoms with E-state index >= 15 is 0 Å². The van der Waals surface area contributed by atoms with Gasteiger partial charge in [-0.05, 0) is 58.1 Å². The lowest BCUT2D eigenvalue weighted by Gasteiger charge is -2.36. The SMILES string of the molecule is [CH2]CCCOc1cc(C(C)(C)CC(C)(C)C)ccc1C(C)(C)CC(C)(C)C. The van der Waals surface area contributed by atoms with Gasteiger partial charge in [0.1, 0.15) is 5.75 Å². The number of hydrogen-bond donors (Lipinski definition) is 0. The van der Waals surface area contributed by atoms with E-state index in [1.807, 2.05) is 0 Å². The van der Waals surface area contributed by atoms with Crippen molar-refractivity contribution in [1.82, 2.24) is 0 Å². The van der Waals surface area contributed by atoms with E-state index in [0.717, 1.165) is 38.0 Å². The predicted molar refractivity (Wildman–Crippen MR) is 121 cm³/mol. The molecule has 0 N–H and O–H groups in total. The minimum absolute atomic E-state index is 0.0742. The van der Waals surface area contributed by atoms with Gasteiger partial charge in [-0.15, -0.1) is 0 Å². The van der Waals surface area contributed by atoms with Crippen LogP contribution in [0.4, 0.5) is 0 Å². The second-order valence-corrected chi connectivity index (χ2v) is 12.0. The summed E-state index contributed by atoms with van der Waals surface area (Å²) in [4.78, 5) is 0. The van der Waals surface area contributed by atoms with Crippen LogP contribution < -0.4 is 4.74 Å². The molecule has 0 saturated heterocycles. The second-order valence-electron chi connectivity index (χ2n) is 12.0. The van der Waals surface area contributed by atoms with Gasteiger partial charge < -0.3 is 4.74 Å². The number of rotatable bonds is 8. The van der Waals surface area contributed by atoms with Crippen molar-refractivity contribution >= 4 is 0 Å². The van der Waals surface area contributed by atoms with Crippen LogP contribution in [0.25, 0.3) is 0 Å². The van der Waals surface area contributed by atoms with Gasteiger partial charge in [0.25, 0.3) is 0 Å². The van der Waals surface area contributed by atoms with E-state index in [4.69, 9.17) is 4.74 Å². The predicted octanol–water partition coefficient (Wildman–Crippen LogP) is 8.11. The van der Waals surface area contributed by atoms with E-state index in [1.54, 1.807) is 0 Å². The Labute approximate surface area is 170 Å². The molecule has 0 aliphatic heterocycles. The molecule has 0 aromatic heterocycles. The van der Waals surface area contributed by atoms with E-state index in [2.05, 4.69) is 94.4 Å². The molecule has 0 spiro atoms. The van der Waals surface area contributed by atoms with Gasteiger partial charge in [-0.1, -0.05) is 94.7 Å². The third-order valence-corrected chi connectivity index (χ3v) is 5.09. The van der Waals surface area contributed by atoms with Crippen LogP contribution in [0.2, 0.25) is 0 Å². The fraction of sp³-hybridized carbons (Fsp3) is 0.731. The van der Waals surface area contributed by atoms with Crippen LogP contribution >= 0.6 is 0 Å². The molecule has 0 aliphatic carbocycles. The molecule has 0 heterocycles. The average Bonchev–Trinajstić information content (AvgIpc) is 2.42. The van der Waals surface area contributed by atoms with Crippen molar-refractivity contribution in [3.63, 3.8) is 0 Å². The number of benzene rings is 1. The molecule has 0 amide bonds. The summed E-state index contributed by atoms with van der Waals surface area (Å²) in [6.07, 6.45) is 4.17. The normalized spacial score (nSPS) is 13.7. The first-order valence-corrected chi connectivity index (χ1v) is 10.6. The van der Waals surface area contributed by atoms with Crippen molar-refractivity contribution in [3.05, 3.63) is 36.2 Å². The van der Waals surface area contributed by atoms with Crippen molar-refractivity contribution in [2.45, 2.75) is 106 Å². The summed E-state index contributed by atoms with van der Waals surface area (Å²) in [6, 6.07) is 6.97. The van der Waals surface area contributed by atoms with Crippen LogP contribution in [0, 0.1) is 17.8 Å². The standard InChI is InChI=1S/C26H45O/c1-12-13-16-27-22-17-20(25(8,9)18-23(2,3)4)14-15-21(22)26(10,11)19-24(5,6)7/h14-15,17H,1,12-13,16,18-19H2,2-11H3. The van der Waals surface area contributed by atoms with E-state index in [9.17, 15) is 0 Å². The van der Waals surface area contributed by atoms with E-state index in [1.165, 1.54) is 11.1 Å². The van der Waals surface area contributed by atoms with Crippen LogP contribution in [0.1, 0.15) is 106 Å². The Morgan fingerprint density at radius 1 is 0.778 bits per heavy atom. The summed E-state index contributed by atoms with van der Waals surface area (Å²) in [5.74, 6) is 1.07. The zero-order chi connectivity index (χ0) is 21.1. The van der Waals surface area contributed by atoms with Crippen molar-refractivity contribution in [1.29, 1.82) is 0 Å². The van der Waals surface area contributed by atoms with Gasteiger partial charge in [-0.2, -0.15) is 0 Å². The molecule has 0 aliphatic rings. The number of hydrogen-bond acceptors (Lipinski definition) is 1. The number of unbranched alkanes of at least 4 members (excludes halogenated alkanes) is 1. The zero-order valence-corrected chi connectivity index (χ0v) is 19.9. The van der Waals surface area contributed by atoms with Gasteiger partial charge in [0.15, 0.2) is 0 Å². The van der Waals surface area contributed by atoms with Crippen molar-refractivity contribution < 1.29 is 4.74 Å². The smallest absolute Gasteiger partial charge is 0.123 e. The third-order valence-electron chi connectivity index (χ3n) is 5.09. The summed E-state index contributed by atoms with van der Waals surface area (Å²) < 4.78 is 6.30. The van der Waals surface area contributed by atoms with E-state index in [-0.39, 0.29) is 16.2 Å². The highest BCUT2D eigenvalue weighted by molar-refractivity contribution is 5.44. The van der Waals surface area contributed by atoms with Crippen molar-refractivity contribution in [3.8, 4) is 5.75 Å². The maximum absolute atomic E-state index is 6.30. The van der Waals surface area contributed by atoms with Gasteiger partial charge in [-0.3, -0.25) is 0 Å². The molecule has 27 heavy (non-hydrogen) atoms. The Bertz CT molecular complexity index is 594. The van der Waals surface area contributed by atoms with E-state index in [0.29, 0.717) is 5.41 Å². The zero-order valence-electron chi connectivity index (χ0n) is 19.9. The molecule has 0 saturated carbocycles. The minimum Gasteiger partial charge on any atom is -0.493 e. The van der Waals surface area contributed by atoms with Crippen LogP contribution in [-0.4, -0.2) is 6.61 Å². The third kappa shape index (κ3) is 7.88. The van der Waals surface area contributed by atoms with Gasteiger partial charge in [0.05, 0.1) is 6.61 Å². The fourth-order valence-corrected chi connectivity index (χ4v) is 4.75. The lowest BCUT2D eigenvalue weighted by Crippen LogP contribution is -2.27. The summed E-state index contributed by atoms with van der Waals surface area (Å²) >= 11 is 0. The van der Waals surface area contributed by atoms with Gasteiger partial charge >= 0.3 is 0 Å². The highest BCUT2D eigenvalue weighted by Gasteiger charge is 2.32. The second kappa shape index (κ2) is 8.58. The van der Waals surface area contributed by atoms with Gasteiger partial charge in [0, 0.05) is 0 Å². The first-order chi connectivity index (χ1) is 12.1. The monoisotopic (exact) mass is 373 g/mol. The molecule has 1 nitrogen and oxygen atoms in total. The minimum atomic E-state index is 0.0742. The maximum Gasteiger partial charge on any atom is 0.123 e. The molecule has 155 valence electrons. The Morgan fingerprint density at radius 3 is 1.78 bits per heavy atom. The summed E-state index contributed by atoms with van der Waals surface area (Å²) in [7, 11) is 0. The van der Waals surface area contributed by atoms with Gasteiger partial charge in [0.2, 0.25) is 0 Å². The quantitative estimate of drug-likeness (QED) is 0.418. The van der Waals surface area contributed by atoms with Crippen molar-refractivity contribution in [2.24, 2.45) is 10.8 Å². The summed E-state index contributed by atoms with van der Waals surface area (Å²) in [5, 5.41) is 0. The van der Waals surface area contributed by atoms with Crippen LogP contribution in [0.5, 0.6) is 5.75 Å². The highest BCUT2D eigenvalue weighted by atomic mass is 16.5. The largest absolute Gasteiger partial charge is 0.493 e. The molecule has 1 aromatic rings. The Kier molecular flexibility index (Phi) is 7.64. The summed E-state index contributed by atoms with van der Waals surface area (Å²) in [5.41, 5.74) is 3.47. The molecule has 0 fully saturated rings. The molecule has 0 bridgehead atoms. The van der Waals surface area contributed by atoms with Crippen LogP contribution in [0.15, 0.2) is 18.2 Å². The lowest BCUT2D eigenvalue weighted by molar-refractivity contribution is 0.261. The number of ether oxygens (including phenoxy) is 1. The topological polar surface area (TPSA) is 9.23 Å². The average molecular weight is 374 g/mol. The Morgan fingerprint density at radius 2 is 1.30 bits per heavy atom. The Hall–Kier alpha value is -0.980. The van der Waals surface area contributed by atoms with Crippen LogP contribution in [0.3, 0.4) is 0 Å². The molecule has 0 unspecified atom stereocenters. The molecule has 1 heteroatoms. The Balaban J connectivity index is 3.32. The van der Waals surface area contributed by atoms with Crippen LogP contribution in [-0.2, 0) is 10.8 Å². The molecular weight excluding hydrogens is 328 g/mol. The molecule has 1 rings (SSSR count). The highest BCUT2D eigenvalue weighted by Crippen LogP contribution is 2.43. The first-order valence-electron chi connectivity index (χ1n) is 10.6. The van der Waals surface area contributed by atoms with Gasteiger partial charge in [-0.25, -0.2) is 0 Å². The molecular formula is C26H45O. The fourth-order valence-electron chi connectivity index (χ4n) is 4.75.